The maximum atomic E-state index is 11.6. The molecule has 0 spiro atoms. The van der Waals surface area contributed by atoms with E-state index in [1.807, 2.05) is 0 Å². The number of carbonyl (C=O) groups excluding carboxylic acids is 1. The minimum absolute atomic E-state index is 0.0145. The highest BCUT2D eigenvalue weighted by molar-refractivity contribution is 5.78. The van der Waals surface area contributed by atoms with Crippen LogP contribution in [0, 0.1) is 10.1 Å². The van der Waals surface area contributed by atoms with Crippen molar-refractivity contribution in [3.05, 3.63) is 27.8 Å². The molecular weight excluding hydrogens is 276 g/mol. The predicted molar refractivity (Wildman–Crippen MR) is 75.7 cm³/mol. The Hall–Kier alpha value is -2.31. The van der Waals surface area contributed by atoms with Crippen LogP contribution in [0.4, 0.5) is 5.69 Å². The lowest BCUT2D eigenvalue weighted by Crippen LogP contribution is -2.27. The third-order valence-corrected chi connectivity index (χ3v) is 3.60. The summed E-state index contributed by atoms with van der Waals surface area (Å²) in [7, 11) is 2.92. The predicted octanol–water partition coefficient (Wildman–Crippen LogP) is 1.78. The summed E-state index contributed by atoms with van der Waals surface area (Å²) < 4.78 is 10.3. The van der Waals surface area contributed by atoms with E-state index < -0.39 is 4.92 Å². The number of likely N-dealkylation sites (tertiary alicyclic amines) is 1. The SMILES string of the molecule is COc1cc(CCN2CCCC2=O)c([N+](=O)[O-])cc1OC. The zero-order valence-corrected chi connectivity index (χ0v) is 12.1. The number of amides is 1. The largest absolute Gasteiger partial charge is 0.493 e. The molecule has 1 fully saturated rings. The van der Waals surface area contributed by atoms with Gasteiger partial charge in [-0.3, -0.25) is 14.9 Å². The van der Waals surface area contributed by atoms with Crippen molar-refractivity contribution in [2.24, 2.45) is 0 Å². The smallest absolute Gasteiger partial charge is 0.276 e. The molecule has 1 aromatic carbocycles. The molecule has 0 aromatic heterocycles. The van der Waals surface area contributed by atoms with Gasteiger partial charge in [-0.2, -0.15) is 0 Å². The van der Waals surface area contributed by atoms with Crippen LogP contribution in [0.2, 0.25) is 0 Å². The van der Waals surface area contributed by atoms with Crippen LogP contribution in [0.5, 0.6) is 11.5 Å². The van der Waals surface area contributed by atoms with Crippen LogP contribution in [0.25, 0.3) is 0 Å². The molecule has 1 amide bonds. The van der Waals surface area contributed by atoms with Gasteiger partial charge in [-0.05, 0) is 18.9 Å². The first-order valence-electron chi connectivity index (χ1n) is 6.74. The molecular formula is C14H18N2O5. The number of ether oxygens (including phenoxy) is 2. The average Bonchev–Trinajstić information content (AvgIpc) is 2.89. The lowest BCUT2D eigenvalue weighted by atomic mass is 10.1. The van der Waals surface area contributed by atoms with Crippen molar-refractivity contribution in [2.45, 2.75) is 19.3 Å². The Balaban J connectivity index is 2.23. The monoisotopic (exact) mass is 294 g/mol. The van der Waals surface area contributed by atoms with Gasteiger partial charge in [0.1, 0.15) is 0 Å². The zero-order chi connectivity index (χ0) is 15.4. The molecule has 1 heterocycles. The van der Waals surface area contributed by atoms with Gasteiger partial charge in [-0.1, -0.05) is 0 Å². The molecule has 0 N–H and O–H groups in total. The summed E-state index contributed by atoms with van der Waals surface area (Å²) >= 11 is 0. The third-order valence-electron chi connectivity index (χ3n) is 3.60. The van der Waals surface area contributed by atoms with Gasteiger partial charge in [-0.25, -0.2) is 0 Å². The normalized spacial score (nSPS) is 14.4. The fraction of sp³-hybridized carbons (Fsp3) is 0.500. The Morgan fingerprint density at radius 2 is 1.95 bits per heavy atom. The van der Waals surface area contributed by atoms with E-state index in [-0.39, 0.29) is 11.6 Å². The van der Waals surface area contributed by atoms with Gasteiger partial charge in [-0.15, -0.1) is 0 Å². The number of nitrogens with zero attached hydrogens (tertiary/aromatic N) is 2. The molecule has 7 heteroatoms. The summed E-state index contributed by atoms with van der Waals surface area (Å²) in [6, 6.07) is 2.97. The van der Waals surface area contributed by atoms with Gasteiger partial charge in [0.05, 0.1) is 25.2 Å². The Bertz CT molecular complexity index is 559. The number of methoxy groups -OCH3 is 2. The molecule has 0 atom stereocenters. The molecule has 1 aliphatic heterocycles. The van der Waals surface area contributed by atoms with Gasteiger partial charge in [0, 0.05) is 25.1 Å². The molecule has 114 valence electrons. The molecule has 7 nitrogen and oxygen atoms in total. The van der Waals surface area contributed by atoms with Crippen molar-refractivity contribution >= 4 is 11.6 Å². The first-order valence-corrected chi connectivity index (χ1v) is 6.74. The number of carbonyl (C=O) groups is 1. The van der Waals surface area contributed by atoms with Crippen molar-refractivity contribution in [1.82, 2.24) is 4.90 Å². The van der Waals surface area contributed by atoms with E-state index in [1.165, 1.54) is 20.3 Å². The van der Waals surface area contributed by atoms with E-state index in [0.717, 1.165) is 13.0 Å². The van der Waals surface area contributed by atoms with E-state index in [4.69, 9.17) is 9.47 Å². The van der Waals surface area contributed by atoms with E-state index in [2.05, 4.69) is 0 Å². The number of nitro groups is 1. The number of hydrogen-bond donors (Lipinski definition) is 0. The van der Waals surface area contributed by atoms with Gasteiger partial charge in [0.15, 0.2) is 11.5 Å². The molecule has 0 radical (unpaired) electrons. The second-order valence-electron chi connectivity index (χ2n) is 4.83. The average molecular weight is 294 g/mol. The van der Waals surface area contributed by atoms with Crippen molar-refractivity contribution in [3.8, 4) is 11.5 Å². The van der Waals surface area contributed by atoms with E-state index >= 15 is 0 Å². The second kappa shape index (κ2) is 6.43. The molecule has 0 unspecified atom stereocenters. The fourth-order valence-electron chi connectivity index (χ4n) is 2.48. The first kappa shape index (κ1) is 15.1. The van der Waals surface area contributed by atoms with Crippen LogP contribution in [0.3, 0.4) is 0 Å². The summed E-state index contributed by atoms with van der Waals surface area (Å²) in [5, 5.41) is 11.2. The van der Waals surface area contributed by atoms with Crippen LogP contribution in [0.15, 0.2) is 12.1 Å². The van der Waals surface area contributed by atoms with Crippen molar-refractivity contribution < 1.29 is 19.2 Å². The van der Waals surface area contributed by atoms with Crippen molar-refractivity contribution in [1.29, 1.82) is 0 Å². The maximum absolute atomic E-state index is 11.6. The number of benzene rings is 1. The second-order valence-corrected chi connectivity index (χ2v) is 4.83. The minimum atomic E-state index is -0.441. The maximum Gasteiger partial charge on any atom is 0.276 e. The molecule has 0 aliphatic carbocycles. The Morgan fingerprint density at radius 3 is 2.48 bits per heavy atom. The molecule has 0 bridgehead atoms. The quantitative estimate of drug-likeness (QED) is 0.590. The minimum Gasteiger partial charge on any atom is -0.493 e. The first-order chi connectivity index (χ1) is 10.1. The summed E-state index contributed by atoms with van der Waals surface area (Å²) in [6.07, 6.45) is 1.84. The highest BCUT2D eigenvalue weighted by Crippen LogP contribution is 2.34. The topological polar surface area (TPSA) is 81.9 Å². The van der Waals surface area contributed by atoms with Gasteiger partial charge < -0.3 is 14.4 Å². The highest BCUT2D eigenvalue weighted by atomic mass is 16.6. The molecule has 1 saturated heterocycles. The Kier molecular flexibility index (Phi) is 4.62. The van der Waals surface area contributed by atoms with Gasteiger partial charge in [0.25, 0.3) is 5.69 Å². The summed E-state index contributed by atoms with van der Waals surface area (Å²) in [5.74, 6) is 0.883. The van der Waals surface area contributed by atoms with E-state index in [9.17, 15) is 14.9 Å². The zero-order valence-electron chi connectivity index (χ0n) is 12.1. The number of rotatable bonds is 6. The van der Waals surface area contributed by atoms with Gasteiger partial charge >= 0.3 is 0 Å². The van der Waals surface area contributed by atoms with Crippen LogP contribution in [-0.2, 0) is 11.2 Å². The van der Waals surface area contributed by atoms with Crippen LogP contribution < -0.4 is 9.47 Å². The summed E-state index contributed by atoms with van der Waals surface area (Å²) in [4.78, 5) is 24.1. The Labute approximate surface area is 122 Å². The molecule has 2 rings (SSSR count). The highest BCUT2D eigenvalue weighted by Gasteiger charge is 2.23. The van der Waals surface area contributed by atoms with Crippen molar-refractivity contribution in [2.75, 3.05) is 27.3 Å². The molecule has 21 heavy (non-hydrogen) atoms. The summed E-state index contributed by atoms with van der Waals surface area (Å²) in [6.45, 7) is 1.20. The lowest BCUT2D eigenvalue weighted by Gasteiger charge is -2.16. The van der Waals surface area contributed by atoms with Crippen LogP contribution >= 0.6 is 0 Å². The molecule has 0 saturated carbocycles. The summed E-state index contributed by atoms with van der Waals surface area (Å²) in [5.41, 5.74) is 0.525. The van der Waals surface area contributed by atoms with E-state index in [0.29, 0.717) is 36.4 Å². The number of nitro benzene ring substituents is 1. The Morgan fingerprint density at radius 1 is 1.29 bits per heavy atom. The number of hydrogen-bond acceptors (Lipinski definition) is 5. The standard InChI is InChI=1S/C14H18N2O5/c1-20-12-8-10(5-7-15-6-3-4-14(15)17)11(16(18)19)9-13(12)21-2/h8-9H,3-7H2,1-2H3. The van der Waals surface area contributed by atoms with Crippen molar-refractivity contribution in [3.63, 3.8) is 0 Å². The molecule has 1 aromatic rings. The molecule has 1 aliphatic rings. The fourth-order valence-corrected chi connectivity index (χ4v) is 2.48. The lowest BCUT2D eigenvalue weighted by molar-refractivity contribution is -0.385. The van der Waals surface area contributed by atoms with Crippen LogP contribution in [-0.4, -0.2) is 43.0 Å². The van der Waals surface area contributed by atoms with Crippen LogP contribution in [0.1, 0.15) is 18.4 Å². The van der Waals surface area contributed by atoms with E-state index in [1.54, 1.807) is 11.0 Å². The van der Waals surface area contributed by atoms with Gasteiger partial charge in [0.2, 0.25) is 5.91 Å². The third kappa shape index (κ3) is 3.24.